The number of hydrogen-bond acceptors (Lipinski definition) is 5. The largest absolute Gasteiger partial charge is 0.573 e. The summed E-state index contributed by atoms with van der Waals surface area (Å²) in [5, 5.41) is 24.9. The molecule has 0 aromatic heterocycles. The van der Waals surface area contributed by atoms with Crippen LogP contribution in [0.2, 0.25) is 10.0 Å². The van der Waals surface area contributed by atoms with Gasteiger partial charge in [0.15, 0.2) is 5.75 Å². The van der Waals surface area contributed by atoms with Crippen LogP contribution in [-0.4, -0.2) is 35.4 Å². The molecule has 3 aromatic carbocycles. The van der Waals surface area contributed by atoms with E-state index in [1.807, 2.05) is 0 Å². The Kier molecular flexibility index (Phi) is 9.25. The summed E-state index contributed by atoms with van der Waals surface area (Å²) < 4.78 is 74.9. The van der Waals surface area contributed by atoms with E-state index in [9.17, 15) is 33.1 Å². The number of hydrogen-bond donors (Lipinski definition) is 3. The third-order valence-corrected chi connectivity index (χ3v) is 7.71. The number of alkyl halides is 3. The number of amides is 1. The molecule has 4 rings (SSSR count). The van der Waals surface area contributed by atoms with Crippen molar-refractivity contribution in [3.8, 4) is 11.8 Å². The van der Waals surface area contributed by atoms with Crippen LogP contribution in [0, 0.1) is 23.0 Å². The van der Waals surface area contributed by atoms with Crippen molar-refractivity contribution in [2.24, 2.45) is 0 Å². The molecule has 1 fully saturated rings. The maximum absolute atomic E-state index is 15.7. The highest BCUT2D eigenvalue weighted by Gasteiger charge is 2.60. The van der Waals surface area contributed by atoms with E-state index in [4.69, 9.17) is 23.2 Å². The number of anilines is 1. The molecule has 1 aliphatic heterocycles. The predicted octanol–water partition coefficient (Wildman–Crippen LogP) is 7.36. The predicted molar refractivity (Wildman–Crippen MR) is 152 cm³/mol. The summed E-state index contributed by atoms with van der Waals surface area (Å²) in [4.78, 5) is 25.3. The van der Waals surface area contributed by atoms with Crippen molar-refractivity contribution in [1.82, 2.24) is 5.32 Å². The maximum Gasteiger partial charge on any atom is 0.573 e. The summed E-state index contributed by atoms with van der Waals surface area (Å²) in [6.07, 6.45) is -5.27. The normalized spacial score (nSPS) is 21.4. The monoisotopic (exact) mass is 653 g/mol. The minimum absolute atomic E-state index is 0.00327. The molecule has 3 aromatic rings. The summed E-state index contributed by atoms with van der Waals surface area (Å²) in [6.45, 7) is 5.47. The zero-order valence-corrected chi connectivity index (χ0v) is 24.1. The van der Waals surface area contributed by atoms with Crippen LogP contribution in [0.1, 0.15) is 40.7 Å². The molecule has 0 bridgehead atoms. The molecule has 4 atom stereocenters. The molecule has 1 amide bonds. The highest BCUT2D eigenvalue weighted by molar-refractivity contribution is 6.31. The molecule has 1 heterocycles. The smallest absolute Gasteiger partial charge is 0.478 e. The van der Waals surface area contributed by atoms with Crippen molar-refractivity contribution in [1.29, 1.82) is 5.26 Å². The fourth-order valence-corrected chi connectivity index (χ4v) is 5.81. The van der Waals surface area contributed by atoms with Gasteiger partial charge in [0.25, 0.3) is 0 Å². The average Bonchev–Trinajstić information content (AvgIpc) is 3.24. The first-order valence-electron chi connectivity index (χ1n) is 12.7. The van der Waals surface area contributed by atoms with Gasteiger partial charge in [-0.3, -0.25) is 4.79 Å². The molecule has 7 nitrogen and oxygen atoms in total. The van der Waals surface area contributed by atoms with Crippen LogP contribution in [0.25, 0.3) is 0 Å². The standard InChI is InChI=1S/C30H22Cl2F5N3O4/c1-14(2)10-23-29(13-38,18-8-7-16(31)12-20(18)33)24(17-4-3-5-19(32)25(17)34)26(40-23)27(41)39-21-9-6-15(28(42)43)11-22(21)44-30(35,36)37/h3-9,11-12,23-24,26,40H,1,10H2,2H3,(H,39,41)(H,42,43)/t23-,24-,26+,29-/m0/s1. The van der Waals surface area contributed by atoms with Crippen molar-refractivity contribution < 1.29 is 41.4 Å². The third kappa shape index (κ3) is 6.36. The van der Waals surface area contributed by atoms with Crippen molar-refractivity contribution in [2.75, 3.05) is 5.32 Å². The first-order chi connectivity index (χ1) is 20.6. The van der Waals surface area contributed by atoms with Gasteiger partial charge in [-0.05, 0) is 55.3 Å². The van der Waals surface area contributed by atoms with Gasteiger partial charge in [0, 0.05) is 22.5 Å². The van der Waals surface area contributed by atoms with Crippen LogP contribution in [0.3, 0.4) is 0 Å². The van der Waals surface area contributed by atoms with Crippen molar-refractivity contribution in [3.63, 3.8) is 0 Å². The topological polar surface area (TPSA) is 111 Å². The van der Waals surface area contributed by atoms with E-state index >= 15 is 8.78 Å². The Morgan fingerprint density at radius 3 is 2.45 bits per heavy atom. The summed E-state index contributed by atoms with van der Waals surface area (Å²) in [7, 11) is 0. The van der Waals surface area contributed by atoms with E-state index in [2.05, 4.69) is 28.0 Å². The first-order valence-corrected chi connectivity index (χ1v) is 13.5. The highest BCUT2D eigenvalue weighted by Crippen LogP contribution is 2.52. The van der Waals surface area contributed by atoms with Gasteiger partial charge in [-0.15, -0.1) is 19.8 Å². The van der Waals surface area contributed by atoms with Gasteiger partial charge in [-0.25, -0.2) is 13.6 Å². The number of nitrogens with one attached hydrogen (secondary N) is 2. The van der Waals surface area contributed by atoms with E-state index in [0.29, 0.717) is 11.6 Å². The average molecular weight is 654 g/mol. The summed E-state index contributed by atoms with van der Waals surface area (Å²) in [5.74, 6) is -7.11. The van der Waals surface area contributed by atoms with E-state index in [-0.39, 0.29) is 27.6 Å². The third-order valence-electron chi connectivity index (χ3n) is 7.18. The van der Waals surface area contributed by atoms with Crippen molar-refractivity contribution in [2.45, 2.75) is 43.1 Å². The minimum Gasteiger partial charge on any atom is -0.478 e. The molecule has 14 heteroatoms. The number of carboxylic acid groups (broad SMARTS) is 1. The van der Waals surface area contributed by atoms with Crippen LogP contribution in [0.5, 0.6) is 5.75 Å². The number of carbonyl (C=O) groups is 2. The van der Waals surface area contributed by atoms with E-state index in [0.717, 1.165) is 18.2 Å². The molecule has 3 N–H and O–H groups in total. The van der Waals surface area contributed by atoms with Crippen LogP contribution < -0.4 is 15.4 Å². The molecular weight excluding hydrogens is 632 g/mol. The Balaban J connectivity index is 1.93. The maximum atomic E-state index is 15.7. The van der Waals surface area contributed by atoms with Gasteiger partial charge in [0.05, 0.1) is 28.4 Å². The molecule has 0 aliphatic carbocycles. The lowest BCUT2D eigenvalue weighted by atomic mass is 9.64. The fourth-order valence-electron chi connectivity index (χ4n) is 5.47. The lowest BCUT2D eigenvalue weighted by Crippen LogP contribution is -2.43. The number of carbonyl (C=O) groups excluding carboxylic acids is 1. The number of benzene rings is 3. The van der Waals surface area contributed by atoms with Gasteiger partial charge in [-0.2, -0.15) is 5.26 Å². The number of ether oxygens (including phenoxy) is 1. The first kappa shape index (κ1) is 32.7. The number of aromatic carboxylic acids is 1. The molecule has 230 valence electrons. The number of halogens is 7. The van der Waals surface area contributed by atoms with Crippen molar-refractivity contribution in [3.05, 3.63) is 105 Å². The second-order valence-corrected chi connectivity index (χ2v) is 11.0. The minimum atomic E-state index is -5.26. The summed E-state index contributed by atoms with van der Waals surface area (Å²) in [5.41, 5.74) is -3.13. The number of carboxylic acids is 1. The van der Waals surface area contributed by atoms with Gasteiger partial charge in [0.1, 0.15) is 17.0 Å². The zero-order valence-electron chi connectivity index (χ0n) is 22.6. The van der Waals surface area contributed by atoms with Gasteiger partial charge in [-0.1, -0.05) is 47.0 Å². The molecule has 0 spiro atoms. The Bertz CT molecular complexity index is 1690. The Morgan fingerprint density at radius 1 is 1.16 bits per heavy atom. The van der Waals surface area contributed by atoms with Crippen LogP contribution in [0.4, 0.5) is 27.6 Å². The Morgan fingerprint density at radius 2 is 1.86 bits per heavy atom. The van der Waals surface area contributed by atoms with Crippen LogP contribution in [0.15, 0.2) is 66.7 Å². The molecule has 0 radical (unpaired) electrons. The van der Waals surface area contributed by atoms with Crippen LogP contribution in [-0.2, 0) is 10.2 Å². The van der Waals surface area contributed by atoms with Gasteiger partial charge < -0.3 is 20.5 Å². The van der Waals surface area contributed by atoms with E-state index in [1.54, 1.807) is 6.92 Å². The lowest BCUT2D eigenvalue weighted by molar-refractivity contribution is -0.274. The van der Waals surface area contributed by atoms with Gasteiger partial charge >= 0.3 is 12.3 Å². The number of nitriles is 1. The Labute approximate surface area is 257 Å². The van der Waals surface area contributed by atoms with E-state index in [1.165, 1.54) is 30.3 Å². The Hall–Kier alpha value is -4.18. The molecule has 1 saturated heterocycles. The second kappa shape index (κ2) is 12.4. The van der Waals surface area contributed by atoms with E-state index < -0.39 is 70.3 Å². The fraction of sp³-hybridized carbons (Fsp3) is 0.233. The lowest BCUT2D eigenvalue weighted by Gasteiger charge is -2.35. The molecular formula is C30H22Cl2F5N3O4. The zero-order chi connectivity index (χ0) is 32.6. The highest BCUT2D eigenvalue weighted by atomic mass is 35.5. The van der Waals surface area contributed by atoms with Gasteiger partial charge in [0.2, 0.25) is 5.91 Å². The van der Waals surface area contributed by atoms with Crippen LogP contribution >= 0.6 is 23.2 Å². The quantitative estimate of drug-likeness (QED) is 0.173. The van der Waals surface area contributed by atoms with Crippen molar-refractivity contribution >= 4 is 40.8 Å². The molecule has 0 saturated carbocycles. The summed E-state index contributed by atoms with van der Waals surface area (Å²) >= 11 is 12.0. The molecule has 1 aliphatic rings. The molecule has 0 unspecified atom stereocenters. The number of nitrogens with zero attached hydrogens (tertiary/aromatic N) is 1. The summed E-state index contributed by atoms with van der Waals surface area (Å²) in [6, 6.07) is 9.18. The number of rotatable bonds is 8. The SMILES string of the molecule is C=C(C)C[C@@H]1N[C@@H](C(=O)Nc2ccc(C(=O)O)cc2OC(F)(F)F)[C@H](c2cccc(Cl)c2F)[C@@]1(C#N)c1ccc(Cl)cc1F. The molecule has 44 heavy (non-hydrogen) atoms. The second-order valence-electron chi connectivity index (χ2n) is 10.1.